The van der Waals surface area contributed by atoms with Crippen LogP contribution >= 0.6 is 7.82 Å². The fourth-order valence-electron chi connectivity index (χ4n) is 0. The minimum Gasteiger partial charge on any atom is -0.756 e. The zero-order chi connectivity index (χ0) is 8.08. The number of rotatable bonds is 0. The van der Waals surface area contributed by atoms with E-state index in [-0.39, 0.29) is 18.9 Å². The second-order valence-electron chi connectivity index (χ2n) is 0.829. The normalized spacial score (nSPS) is 8.30. The summed E-state index contributed by atoms with van der Waals surface area (Å²) < 4.78 is 8.77. The summed E-state index contributed by atoms with van der Waals surface area (Å²) >= 11 is 0. The van der Waals surface area contributed by atoms with Gasteiger partial charge in [-0.2, -0.15) is 0 Å². The van der Waals surface area contributed by atoms with Gasteiger partial charge in [0.15, 0.2) is 0 Å². The molecule has 0 aromatic carbocycles. The van der Waals surface area contributed by atoms with E-state index in [4.69, 9.17) is 29.1 Å². The second kappa shape index (κ2) is 7.09. The van der Waals surface area contributed by atoms with Gasteiger partial charge in [0, 0.05) is 0 Å². The molecule has 0 saturated heterocycles. The summed E-state index contributed by atoms with van der Waals surface area (Å²) in [6.45, 7) is 0. The van der Waals surface area contributed by atoms with Crippen molar-refractivity contribution in [3.05, 3.63) is 0 Å². The van der Waals surface area contributed by atoms with Gasteiger partial charge in [-0.3, -0.25) is 4.57 Å². The van der Waals surface area contributed by atoms with Crippen LogP contribution in [-0.4, -0.2) is 21.0 Å². The van der Waals surface area contributed by atoms with Gasteiger partial charge in [0.1, 0.15) is 0 Å². The summed E-state index contributed by atoms with van der Waals surface area (Å²) in [5.74, 6) is 0. The van der Waals surface area contributed by atoms with Gasteiger partial charge in [-0.25, -0.2) is 4.79 Å². The molecule has 0 aliphatic carbocycles. The molecule has 1 amide bonds. The summed E-state index contributed by atoms with van der Waals surface area (Å²) in [5, 5.41) is 7.19. The maximum atomic E-state index is 8.78. The molecule has 0 heterocycles. The third-order valence-corrected chi connectivity index (χ3v) is 0. The summed E-state index contributed by atoms with van der Waals surface area (Å²) in [7, 11) is -4.89. The van der Waals surface area contributed by atoms with Crippen molar-refractivity contribution in [1.29, 1.82) is 0 Å². The van der Waals surface area contributed by atoms with E-state index in [1.54, 1.807) is 0 Å². The topological polar surface area (TPSA) is 144 Å². The fourth-order valence-corrected chi connectivity index (χ4v) is 0. The molecule has 0 radical (unpaired) electrons. The molecule has 5 N–H and O–H groups in total. The van der Waals surface area contributed by atoms with Crippen LogP contribution in [0, 0.1) is 0 Å². The van der Waals surface area contributed by atoms with Crippen LogP contribution in [-0.2, 0) is 4.57 Å². The number of nitrogens with two attached hydrogens (primary N) is 1. The maximum absolute atomic E-state index is 8.78. The third kappa shape index (κ3) is 761000. The number of carbonyl (C=O) groups is 1. The average molecular weight is 165 g/mol. The van der Waals surface area contributed by atoms with Crippen molar-refractivity contribution in [3.63, 3.8) is 0 Å². The van der Waals surface area contributed by atoms with E-state index in [0.717, 1.165) is 0 Å². The van der Waals surface area contributed by atoms with Crippen LogP contribution in [0.5, 0.6) is 0 Å². The van der Waals surface area contributed by atoms with Crippen molar-refractivity contribution < 1.29 is 48.0 Å². The van der Waals surface area contributed by atoms with Gasteiger partial charge in [0.25, 0.3) is 7.82 Å². The van der Waals surface area contributed by atoms with Crippen LogP contribution in [0.2, 0.25) is 0 Å². The quantitative estimate of drug-likeness (QED) is 0.209. The molecule has 0 aliphatic rings. The Balaban J connectivity index is -0.0000000910. The Kier molecular flexibility index (Phi) is 11.7. The van der Waals surface area contributed by atoms with Crippen molar-refractivity contribution in [2.45, 2.75) is 0 Å². The van der Waals surface area contributed by atoms with Crippen LogP contribution < -0.4 is 29.5 Å². The Labute approximate surface area is 68.3 Å². The minimum absolute atomic E-state index is 0. The first-order chi connectivity index (χ1) is 3.73. The predicted molar refractivity (Wildman–Crippen MR) is 24.3 cm³/mol. The number of hydrogen-bond acceptors (Lipinski definition) is 3. The Morgan fingerprint density at radius 3 is 1.50 bits per heavy atom. The molecule has 9 heteroatoms. The van der Waals surface area contributed by atoms with Crippen molar-refractivity contribution in [2.75, 3.05) is 0 Å². The van der Waals surface area contributed by atoms with Crippen molar-refractivity contribution in [1.82, 2.24) is 0 Å². The van der Waals surface area contributed by atoms with Crippen molar-refractivity contribution in [3.8, 4) is 0 Å². The molecule has 0 saturated carbocycles. The molecule has 10 heavy (non-hydrogen) atoms. The summed E-state index contributed by atoms with van der Waals surface area (Å²) in [4.78, 5) is 31.7. The van der Waals surface area contributed by atoms with Gasteiger partial charge >= 0.3 is 25.0 Å². The molecule has 0 aromatic rings. The maximum Gasteiger partial charge on any atom is 1.00 e. The molecule has 0 unspecified atom stereocenters. The van der Waals surface area contributed by atoms with E-state index in [2.05, 4.69) is 5.73 Å². The molecule has 0 aromatic heterocycles. The molecule has 0 fully saturated rings. The Morgan fingerprint density at radius 2 is 1.50 bits per heavy atom. The van der Waals surface area contributed by atoms with E-state index in [1.165, 1.54) is 0 Å². The standard InChI is InChI=1S/CH3NO2.Li.H3O4P/c2-1(3)4;;1-5(2,3)4/h2H2,(H,3,4);;(H3,1,2,3,4)/q;+1;/p-1. The van der Waals surface area contributed by atoms with Gasteiger partial charge < -0.3 is 25.5 Å². The van der Waals surface area contributed by atoms with E-state index in [1.807, 2.05) is 0 Å². The van der Waals surface area contributed by atoms with E-state index in [0.29, 0.717) is 0 Å². The van der Waals surface area contributed by atoms with E-state index >= 15 is 0 Å². The smallest absolute Gasteiger partial charge is 0.756 e. The second-order valence-corrected chi connectivity index (χ2v) is 1.81. The van der Waals surface area contributed by atoms with Crippen molar-refractivity contribution in [2.24, 2.45) is 5.73 Å². The van der Waals surface area contributed by atoms with Gasteiger partial charge in [-0.1, -0.05) is 0 Å². The molecular formula is CH5LiNO6P. The number of phosphoric acid groups is 1. The zero-order valence-electron chi connectivity index (χ0n) is 5.09. The third-order valence-electron chi connectivity index (χ3n) is 0. The first-order valence-electron chi connectivity index (χ1n) is 1.48. The molecule has 0 rings (SSSR count). The molecule has 0 bridgehead atoms. The van der Waals surface area contributed by atoms with Gasteiger partial charge in [0.2, 0.25) is 0 Å². The Hall–Kier alpha value is -0.0226. The largest absolute Gasteiger partial charge is 1.00 e. The Morgan fingerprint density at radius 1 is 1.50 bits per heavy atom. The predicted octanol–water partition coefficient (Wildman–Crippen LogP) is -4.93. The number of carboxylic acid groups (broad SMARTS) is 1. The number of amides is 1. The van der Waals surface area contributed by atoms with Crippen LogP contribution in [0.1, 0.15) is 0 Å². The van der Waals surface area contributed by atoms with Gasteiger partial charge in [-0.05, 0) is 0 Å². The zero-order valence-corrected chi connectivity index (χ0v) is 5.99. The monoisotopic (exact) mass is 165 g/mol. The van der Waals surface area contributed by atoms with Crippen molar-refractivity contribution >= 4 is 13.9 Å². The van der Waals surface area contributed by atoms with Crippen LogP contribution in [0.4, 0.5) is 4.79 Å². The van der Waals surface area contributed by atoms with Gasteiger partial charge in [-0.15, -0.1) is 0 Å². The molecule has 56 valence electrons. The number of primary amides is 1. The average Bonchev–Trinajstić information content (AvgIpc) is 1.19. The molecule has 7 nitrogen and oxygen atoms in total. The van der Waals surface area contributed by atoms with Crippen LogP contribution in [0.3, 0.4) is 0 Å². The summed E-state index contributed by atoms with van der Waals surface area (Å²) in [6.07, 6.45) is -1.33. The SMILES string of the molecule is NC(=O)O.O=P([O-])(O)O.[Li+]. The first-order valence-corrected chi connectivity index (χ1v) is 3.01. The van der Waals surface area contributed by atoms with Crippen LogP contribution in [0.15, 0.2) is 0 Å². The number of hydrogen-bond donors (Lipinski definition) is 4. The molecule has 0 aliphatic heterocycles. The first kappa shape index (κ1) is 16.5. The summed E-state index contributed by atoms with van der Waals surface area (Å²) in [5.41, 5.74) is 4.03. The van der Waals surface area contributed by atoms with E-state index < -0.39 is 13.9 Å². The minimum atomic E-state index is -4.89. The molecule has 0 atom stereocenters. The van der Waals surface area contributed by atoms with Crippen LogP contribution in [0.25, 0.3) is 0 Å². The molecule has 0 spiro atoms. The summed E-state index contributed by atoms with van der Waals surface area (Å²) in [6, 6.07) is 0. The van der Waals surface area contributed by atoms with E-state index in [9.17, 15) is 0 Å². The fraction of sp³-hybridized carbons (Fsp3) is 0. The molecular weight excluding hydrogens is 160 g/mol. The van der Waals surface area contributed by atoms with Gasteiger partial charge in [0.05, 0.1) is 0 Å². The Bertz CT molecular complexity index is 117.